The summed E-state index contributed by atoms with van der Waals surface area (Å²) in [5.74, 6) is -0.179. The van der Waals surface area contributed by atoms with Crippen LogP contribution in [0.5, 0.6) is 0 Å². The molecule has 6 heteroatoms. The molecule has 0 fully saturated rings. The molecular weight excluding hydrogens is 378 g/mol. The van der Waals surface area contributed by atoms with Crippen LogP contribution in [0.1, 0.15) is 33.7 Å². The fraction of sp³-hybridized carbons (Fsp3) is 0.0833. The van der Waals surface area contributed by atoms with Crippen LogP contribution >= 0.6 is 0 Å². The highest BCUT2D eigenvalue weighted by Gasteiger charge is 2.46. The van der Waals surface area contributed by atoms with Gasteiger partial charge in [0.15, 0.2) is 17.2 Å². The highest BCUT2D eigenvalue weighted by Crippen LogP contribution is 2.42. The first-order valence-corrected chi connectivity index (χ1v) is 9.41. The lowest BCUT2D eigenvalue weighted by atomic mass is 9.87. The van der Waals surface area contributed by atoms with E-state index < -0.39 is 5.60 Å². The summed E-state index contributed by atoms with van der Waals surface area (Å²) in [7, 11) is 0. The second-order valence-electron chi connectivity index (χ2n) is 7.26. The molecule has 30 heavy (non-hydrogen) atoms. The number of nitrogens with zero attached hydrogens (tertiary/aromatic N) is 3. The van der Waals surface area contributed by atoms with Gasteiger partial charge in [0.2, 0.25) is 0 Å². The lowest BCUT2D eigenvalue weighted by molar-refractivity contribution is 0.0562. The lowest BCUT2D eigenvalue weighted by Crippen LogP contribution is -2.32. The maximum Gasteiger partial charge on any atom is 0.266 e. The topological polar surface area (TPSA) is 96.0 Å². The van der Waals surface area contributed by atoms with Crippen LogP contribution in [0.4, 0.5) is 0 Å². The molecular formula is C24H15N3O3. The summed E-state index contributed by atoms with van der Waals surface area (Å²) in [6.45, 7) is 0. The molecule has 0 radical (unpaired) electrons. The molecule has 1 atom stereocenters. The summed E-state index contributed by atoms with van der Waals surface area (Å²) < 4.78 is 1.39. The van der Waals surface area contributed by atoms with Crippen molar-refractivity contribution in [2.45, 2.75) is 12.0 Å². The van der Waals surface area contributed by atoms with Gasteiger partial charge in [-0.3, -0.25) is 14.2 Å². The molecule has 4 aromatic rings. The van der Waals surface area contributed by atoms with Crippen LogP contribution in [0.15, 0.2) is 77.6 Å². The average molecular weight is 393 g/mol. The molecule has 0 amide bonds. The van der Waals surface area contributed by atoms with Gasteiger partial charge in [-0.25, -0.2) is 4.98 Å². The number of nitriles is 1. The molecule has 5 rings (SSSR count). The average Bonchev–Trinajstić information content (AvgIpc) is 3.02. The third-order valence-corrected chi connectivity index (χ3v) is 5.49. The predicted octanol–water partition coefficient (Wildman–Crippen LogP) is 3.08. The van der Waals surface area contributed by atoms with Crippen molar-refractivity contribution in [3.05, 3.63) is 106 Å². The molecule has 0 saturated carbocycles. The minimum Gasteiger partial charge on any atom is -0.377 e. The first kappa shape index (κ1) is 18.0. The van der Waals surface area contributed by atoms with Crippen LogP contribution in [0.3, 0.4) is 0 Å². The van der Waals surface area contributed by atoms with Crippen molar-refractivity contribution in [3.8, 4) is 11.8 Å². The van der Waals surface area contributed by atoms with Gasteiger partial charge in [0.1, 0.15) is 0 Å². The van der Waals surface area contributed by atoms with E-state index >= 15 is 0 Å². The van der Waals surface area contributed by atoms with Crippen molar-refractivity contribution in [3.63, 3.8) is 0 Å². The Morgan fingerprint density at radius 2 is 1.73 bits per heavy atom. The molecule has 0 bridgehead atoms. The molecule has 2 heterocycles. The summed E-state index contributed by atoms with van der Waals surface area (Å²) in [4.78, 5) is 30.8. The molecule has 6 nitrogen and oxygen atoms in total. The third-order valence-electron chi connectivity index (χ3n) is 5.49. The molecule has 0 saturated heterocycles. The van der Waals surface area contributed by atoms with E-state index in [2.05, 4.69) is 4.98 Å². The number of carbonyl (C=O) groups excluding carboxylic acids is 1. The normalized spacial score (nSPS) is 16.7. The smallest absolute Gasteiger partial charge is 0.266 e. The number of hydrogen-bond donors (Lipinski definition) is 1. The van der Waals surface area contributed by atoms with E-state index in [4.69, 9.17) is 5.26 Å². The molecule has 1 aromatic heterocycles. The molecule has 1 unspecified atom stereocenters. The quantitative estimate of drug-likeness (QED) is 0.540. The van der Waals surface area contributed by atoms with E-state index in [-0.39, 0.29) is 23.6 Å². The molecule has 1 N–H and O–H groups in total. The minimum atomic E-state index is -1.75. The minimum absolute atomic E-state index is 0.134. The first-order chi connectivity index (χ1) is 14.5. The molecule has 1 aliphatic rings. The van der Waals surface area contributed by atoms with Crippen molar-refractivity contribution >= 4 is 16.7 Å². The zero-order chi connectivity index (χ0) is 20.9. The highest BCUT2D eigenvalue weighted by atomic mass is 16.3. The van der Waals surface area contributed by atoms with Gasteiger partial charge in [-0.1, -0.05) is 42.5 Å². The van der Waals surface area contributed by atoms with E-state index in [1.807, 2.05) is 6.07 Å². The fourth-order valence-electron chi connectivity index (χ4n) is 4.01. The largest absolute Gasteiger partial charge is 0.377 e. The van der Waals surface area contributed by atoms with E-state index in [9.17, 15) is 14.7 Å². The Balaban J connectivity index is 1.69. The summed E-state index contributed by atoms with van der Waals surface area (Å²) in [5, 5.41) is 21.1. The predicted molar refractivity (Wildman–Crippen MR) is 110 cm³/mol. The van der Waals surface area contributed by atoms with Gasteiger partial charge >= 0.3 is 0 Å². The van der Waals surface area contributed by atoms with Crippen molar-refractivity contribution in [2.75, 3.05) is 0 Å². The number of hydrogen-bond acceptors (Lipinski definition) is 5. The number of benzene rings is 3. The van der Waals surface area contributed by atoms with Crippen molar-refractivity contribution in [1.82, 2.24) is 9.55 Å². The van der Waals surface area contributed by atoms with E-state index in [0.29, 0.717) is 33.3 Å². The Hall–Kier alpha value is -4.08. The van der Waals surface area contributed by atoms with Crippen molar-refractivity contribution in [1.29, 1.82) is 5.26 Å². The second-order valence-corrected chi connectivity index (χ2v) is 7.26. The maximum absolute atomic E-state index is 13.2. The summed E-state index contributed by atoms with van der Waals surface area (Å²) in [6.07, 6.45) is -0.277. The van der Waals surface area contributed by atoms with Crippen LogP contribution in [0.2, 0.25) is 0 Å². The van der Waals surface area contributed by atoms with Gasteiger partial charge in [-0.2, -0.15) is 5.26 Å². The zero-order valence-electron chi connectivity index (χ0n) is 15.7. The Bertz CT molecular complexity index is 1430. The van der Waals surface area contributed by atoms with Crippen LogP contribution in [-0.4, -0.2) is 20.4 Å². The molecule has 3 aromatic carbocycles. The number of rotatable bonds is 3. The van der Waals surface area contributed by atoms with Gasteiger partial charge in [-0.15, -0.1) is 0 Å². The van der Waals surface area contributed by atoms with Gasteiger partial charge in [0.25, 0.3) is 5.56 Å². The number of carbonyl (C=O) groups is 1. The zero-order valence-corrected chi connectivity index (χ0v) is 15.7. The Morgan fingerprint density at radius 3 is 2.50 bits per heavy atom. The SMILES string of the molecule is N#Cc1ccc(C(=O)CC2(O)c3ccccc3-n3c2nc2ccccc2c3=O)cc1. The van der Waals surface area contributed by atoms with Gasteiger partial charge < -0.3 is 5.11 Å². The Morgan fingerprint density at radius 1 is 1.03 bits per heavy atom. The van der Waals surface area contributed by atoms with Gasteiger partial charge in [0.05, 0.1) is 34.6 Å². The maximum atomic E-state index is 13.2. The standard InChI is InChI=1S/C24H15N3O3/c25-14-15-9-11-16(12-10-15)21(28)13-24(30)18-6-2-4-8-20(18)27-22(29)17-5-1-3-7-19(17)26-23(24)27/h1-12,30H,13H2. The Kier molecular flexibility index (Phi) is 3.88. The lowest BCUT2D eigenvalue weighted by Gasteiger charge is -2.23. The number of ketones is 1. The van der Waals surface area contributed by atoms with E-state index in [1.54, 1.807) is 72.8 Å². The number of Topliss-reactive ketones (excluding diaryl/α,β-unsaturated/α-hetero) is 1. The molecule has 0 spiro atoms. The first-order valence-electron chi connectivity index (χ1n) is 9.41. The molecule has 1 aliphatic heterocycles. The van der Waals surface area contributed by atoms with Crippen LogP contribution in [0, 0.1) is 11.3 Å². The number of aliphatic hydroxyl groups is 1. The van der Waals surface area contributed by atoms with Crippen LogP contribution in [0.25, 0.3) is 16.6 Å². The number of fused-ring (bicyclic) bond motifs is 4. The van der Waals surface area contributed by atoms with Crippen molar-refractivity contribution < 1.29 is 9.90 Å². The Labute approximate surface area is 171 Å². The summed E-state index contributed by atoms with van der Waals surface area (Å²) in [6, 6.07) is 22.2. The second kappa shape index (κ2) is 6.48. The molecule has 0 aliphatic carbocycles. The van der Waals surface area contributed by atoms with Crippen LogP contribution < -0.4 is 5.56 Å². The van der Waals surface area contributed by atoms with E-state index in [0.717, 1.165) is 0 Å². The van der Waals surface area contributed by atoms with Crippen molar-refractivity contribution in [2.24, 2.45) is 0 Å². The number of para-hydroxylation sites is 2. The van der Waals surface area contributed by atoms with E-state index in [1.165, 1.54) is 4.57 Å². The van der Waals surface area contributed by atoms with Gasteiger partial charge in [-0.05, 0) is 30.3 Å². The monoisotopic (exact) mass is 393 g/mol. The summed E-state index contributed by atoms with van der Waals surface area (Å²) in [5.41, 5.74) is 0.237. The van der Waals surface area contributed by atoms with Gasteiger partial charge in [0, 0.05) is 11.1 Å². The third kappa shape index (κ3) is 2.50. The molecule has 144 valence electrons. The fourth-order valence-corrected chi connectivity index (χ4v) is 4.01. The van der Waals surface area contributed by atoms with Crippen LogP contribution in [-0.2, 0) is 5.60 Å². The highest BCUT2D eigenvalue weighted by molar-refractivity contribution is 5.97. The number of aromatic nitrogens is 2. The summed E-state index contributed by atoms with van der Waals surface area (Å²) >= 11 is 0.